The van der Waals surface area contributed by atoms with Crippen LogP contribution in [0, 0.1) is 0 Å². The van der Waals surface area contributed by atoms with Crippen LogP contribution in [0.15, 0.2) is 18.3 Å². The second kappa shape index (κ2) is 8.72. The molecule has 0 aliphatic rings. The summed E-state index contributed by atoms with van der Waals surface area (Å²) in [5.74, 6) is 0.613. The van der Waals surface area contributed by atoms with Crippen LogP contribution in [0.1, 0.15) is 20.3 Å². The maximum atomic E-state index is 5.46. The van der Waals surface area contributed by atoms with Gasteiger partial charge in [-0.25, -0.2) is 4.98 Å². The highest BCUT2D eigenvalue weighted by Gasteiger charge is 2.06. The SMILES string of the molecule is CCOC(CCNc1ccc(OC)nc1)OCC. The third-order valence-electron chi connectivity index (χ3n) is 2.36. The Morgan fingerprint density at radius 3 is 2.44 bits per heavy atom. The van der Waals surface area contributed by atoms with Gasteiger partial charge in [-0.15, -0.1) is 0 Å². The molecule has 0 fully saturated rings. The Bertz CT molecular complexity index is 311. The molecule has 5 heteroatoms. The highest BCUT2D eigenvalue weighted by molar-refractivity contribution is 5.41. The number of aromatic nitrogens is 1. The van der Waals surface area contributed by atoms with E-state index in [1.54, 1.807) is 13.3 Å². The molecule has 0 spiro atoms. The smallest absolute Gasteiger partial charge is 0.213 e. The van der Waals surface area contributed by atoms with Crippen LogP contribution in [0.3, 0.4) is 0 Å². The van der Waals surface area contributed by atoms with Crippen LogP contribution < -0.4 is 10.1 Å². The van der Waals surface area contributed by atoms with Gasteiger partial charge in [-0.1, -0.05) is 0 Å². The summed E-state index contributed by atoms with van der Waals surface area (Å²) in [6.45, 7) is 6.03. The molecule has 0 bridgehead atoms. The van der Waals surface area contributed by atoms with Crippen LogP contribution in [0.4, 0.5) is 5.69 Å². The van der Waals surface area contributed by atoms with E-state index >= 15 is 0 Å². The third-order valence-corrected chi connectivity index (χ3v) is 2.36. The first kappa shape index (κ1) is 14.7. The predicted octanol–water partition coefficient (Wildman–Crippen LogP) is 2.29. The maximum absolute atomic E-state index is 5.46. The average Bonchev–Trinajstić information content (AvgIpc) is 2.40. The van der Waals surface area contributed by atoms with E-state index in [9.17, 15) is 0 Å². The Morgan fingerprint density at radius 2 is 1.94 bits per heavy atom. The van der Waals surface area contributed by atoms with Crippen LogP contribution in [-0.4, -0.2) is 38.1 Å². The molecule has 0 radical (unpaired) electrons. The molecule has 0 saturated carbocycles. The summed E-state index contributed by atoms with van der Waals surface area (Å²) in [5.41, 5.74) is 0.961. The number of rotatable bonds is 9. The first-order chi connectivity index (χ1) is 8.80. The van der Waals surface area contributed by atoms with E-state index in [1.807, 2.05) is 26.0 Å². The second-order valence-electron chi connectivity index (χ2n) is 3.64. The third kappa shape index (κ3) is 5.33. The number of hydrogen-bond acceptors (Lipinski definition) is 5. The summed E-state index contributed by atoms with van der Waals surface area (Å²) in [6, 6.07) is 3.76. The van der Waals surface area contributed by atoms with Crippen molar-refractivity contribution in [2.45, 2.75) is 26.6 Å². The molecule has 1 N–H and O–H groups in total. The molecule has 0 aliphatic heterocycles. The molecule has 1 aromatic rings. The average molecular weight is 254 g/mol. The first-order valence-electron chi connectivity index (χ1n) is 6.27. The van der Waals surface area contributed by atoms with E-state index in [0.29, 0.717) is 19.1 Å². The summed E-state index contributed by atoms with van der Waals surface area (Å²) in [5, 5.41) is 3.27. The van der Waals surface area contributed by atoms with E-state index in [1.165, 1.54) is 0 Å². The summed E-state index contributed by atoms with van der Waals surface area (Å²) in [7, 11) is 1.60. The number of nitrogens with one attached hydrogen (secondary N) is 1. The van der Waals surface area contributed by atoms with Crippen LogP contribution in [0.5, 0.6) is 5.88 Å². The van der Waals surface area contributed by atoms with Crippen molar-refractivity contribution >= 4 is 5.69 Å². The van der Waals surface area contributed by atoms with Crippen molar-refractivity contribution in [3.05, 3.63) is 18.3 Å². The monoisotopic (exact) mass is 254 g/mol. The molecule has 0 unspecified atom stereocenters. The minimum Gasteiger partial charge on any atom is -0.481 e. The van der Waals surface area contributed by atoms with Crippen molar-refractivity contribution < 1.29 is 14.2 Å². The molecule has 0 aromatic carbocycles. The fraction of sp³-hybridized carbons (Fsp3) is 0.615. The Labute approximate surface area is 108 Å². The van der Waals surface area contributed by atoms with Gasteiger partial charge in [0.15, 0.2) is 6.29 Å². The quantitative estimate of drug-likeness (QED) is 0.685. The van der Waals surface area contributed by atoms with Gasteiger partial charge >= 0.3 is 0 Å². The van der Waals surface area contributed by atoms with E-state index in [0.717, 1.165) is 18.7 Å². The van der Waals surface area contributed by atoms with Crippen LogP contribution >= 0.6 is 0 Å². The van der Waals surface area contributed by atoms with E-state index in [4.69, 9.17) is 14.2 Å². The lowest BCUT2D eigenvalue weighted by molar-refractivity contribution is -0.137. The second-order valence-corrected chi connectivity index (χ2v) is 3.64. The fourth-order valence-corrected chi connectivity index (χ4v) is 1.53. The number of nitrogens with zero attached hydrogens (tertiary/aromatic N) is 1. The molecule has 1 heterocycles. The minimum absolute atomic E-state index is 0.140. The highest BCUT2D eigenvalue weighted by Crippen LogP contribution is 2.11. The number of methoxy groups -OCH3 is 1. The van der Waals surface area contributed by atoms with Gasteiger partial charge in [0.1, 0.15) is 0 Å². The zero-order valence-electron chi connectivity index (χ0n) is 11.3. The number of ether oxygens (including phenoxy) is 3. The molecular weight excluding hydrogens is 232 g/mol. The Kier molecular flexibility index (Phi) is 7.13. The van der Waals surface area contributed by atoms with Gasteiger partial charge in [-0.05, 0) is 19.9 Å². The molecule has 1 aromatic heterocycles. The van der Waals surface area contributed by atoms with Crippen molar-refractivity contribution in [3.8, 4) is 5.88 Å². The zero-order chi connectivity index (χ0) is 13.2. The molecular formula is C13H22N2O3. The van der Waals surface area contributed by atoms with Crippen LogP contribution in [0.2, 0.25) is 0 Å². The highest BCUT2D eigenvalue weighted by atomic mass is 16.7. The number of anilines is 1. The van der Waals surface area contributed by atoms with Gasteiger partial charge in [-0.3, -0.25) is 0 Å². The maximum Gasteiger partial charge on any atom is 0.213 e. The number of hydrogen-bond donors (Lipinski definition) is 1. The standard InChI is InChI=1S/C13H22N2O3/c1-4-17-13(18-5-2)8-9-14-11-6-7-12(16-3)15-10-11/h6-7,10,13-14H,4-5,8-9H2,1-3H3. The molecule has 0 amide bonds. The summed E-state index contributed by atoms with van der Waals surface area (Å²) < 4.78 is 15.9. The van der Waals surface area contributed by atoms with Gasteiger partial charge in [-0.2, -0.15) is 0 Å². The first-order valence-corrected chi connectivity index (χ1v) is 6.27. The van der Waals surface area contributed by atoms with Crippen molar-refractivity contribution in [1.29, 1.82) is 0 Å². The minimum atomic E-state index is -0.140. The van der Waals surface area contributed by atoms with Gasteiger partial charge in [0.2, 0.25) is 5.88 Å². The van der Waals surface area contributed by atoms with E-state index in [2.05, 4.69) is 10.3 Å². The Balaban J connectivity index is 2.30. The molecule has 18 heavy (non-hydrogen) atoms. The lowest BCUT2D eigenvalue weighted by atomic mass is 10.3. The van der Waals surface area contributed by atoms with Gasteiger partial charge in [0, 0.05) is 32.2 Å². The molecule has 5 nitrogen and oxygen atoms in total. The predicted molar refractivity (Wildman–Crippen MR) is 70.9 cm³/mol. The van der Waals surface area contributed by atoms with Crippen molar-refractivity contribution in [2.75, 3.05) is 32.2 Å². The van der Waals surface area contributed by atoms with Gasteiger partial charge < -0.3 is 19.5 Å². The zero-order valence-corrected chi connectivity index (χ0v) is 11.3. The van der Waals surface area contributed by atoms with Crippen LogP contribution in [0.25, 0.3) is 0 Å². The molecule has 0 saturated heterocycles. The normalized spacial score (nSPS) is 10.7. The van der Waals surface area contributed by atoms with E-state index < -0.39 is 0 Å². The lowest BCUT2D eigenvalue weighted by Crippen LogP contribution is -2.21. The number of pyridine rings is 1. The summed E-state index contributed by atoms with van der Waals surface area (Å²) in [4.78, 5) is 4.12. The Hall–Kier alpha value is -1.33. The molecule has 0 aliphatic carbocycles. The molecule has 102 valence electrons. The summed E-state index contributed by atoms with van der Waals surface area (Å²) in [6.07, 6.45) is 2.40. The fourth-order valence-electron chi connectivity index (χ4n) is 1.53. The molecule has 1 rings (SSSR count). The topological polar surface area (TPSA) is 52.6 Å². The van der Waals surface area contributed by atoms with Gasteiger partial charge in [0.05, 0.1) is 19.0 Å². The van der Waals surface area contributed by atoms with Crippen molar-refractivity contribution in [2.24, 2.45) is 0 Å². The summed E-state index contributed by atoms with van der Waals surface area (Å²) >= 11 is 0. The molecule has 0 atom stereocenters. The van der Waals surface area contributed by atoms with E-state index in [-0.39, 0.29) is 6.29 Å². The van der Waals surface area contributed by atoms with Crippen LogP contribution in [-0.2, 0) is 9.47 Å². The van der Waals surface area contributed by atoms with Crippen molar-refractivity contribution in [1.82, 2.24) is 4.98 Å². The van der Waals surface area contributed by atoms with Crippen molar-refractivity contribution in [3.63, 3.8) is 0 Å². The largest absolute Gasteiger partial charge is 0.481 e. The Morgan fingerprint density at radius 1 is 1.22 bits per heavy atom. The lowest BCUT2D eigenvalue weighted by Gasteiger charge is -2.17. The van der Waals surface area contributed by atoms with Gasteiger partial charge in [0.25, 0.3) is 0 Å².